The van der Waals surface area contributed by atoms with E-state index in [9.17, 15) is 13.6 Å². The molecule has 0 spiro atoms. The fraction of sp³-hybridized carbons (Fsp3) is 0.211. The first-order valence-electron chi connectivity index (χ1n) is 7.58. The Hall–Kier alpha value is -2.53. The second kappa shape index (κ2) is 5.83. The molecule has 3 rings (SSSR count). The number of rotatable bonds is 2. The van der Waals surface area contributed by atoms with Gasteiger partial charge in [-0.1, -0.05) is 6.07 Å². The van der Waals surface area contributed by atoms with Gasteiger partial charge in [-0.05, 0) is 50.6 Å². The molecule has 5 heteroatoms. The Labute approximate surface area is 137 Å². The summed E-state index contributed by atoms with van der Waals surface area (Å²) in [6, 6.07) is 6.68. The summed E-state index contributed by atoms with van der Waals surface area (Å²) >= 11 is 0. The summed E-state index contributed by atoms with van der Waals surface area (Å²) in [5.41, 5.74) is 8.43. The highest BCUT2D eigenvalue weighted by Crippen LogP contribution is 2.30. The number of fused-ring (bicyclic) bond motifs is 1. The summed E-state index contributed by atoms with van der Waals surface area (Å²) in [5, 5.41) is 0.436. The first-order valence-corrected chi connectivity index (χ1v) is 7.58. The van der Waals surface area contributed by atoms with Gasteiger partial charge in [-0.3, -0.25) is 4.79 Å². The van der Waals surface area contributed by atoms with Crippen LogP contribution in [-0.2, 0) is 0 Å². The third-order valence-corrected chi connectivity index (χ3v) is 4.06. The van der Waals surface area contributed by atoms with Gasteiger partial charge in [-0.2, -0.15) is 0 Å². The summed E-state index contributed by atoms with van der Waals surface area (Å²) in [7, 11) is 0. The zero-order valence-electron chi connectivity index (χ0n) is 13.6. The lowest BCUT2D eigenvalue weighted by atomic mass is 9.99. The van der Waals surface area contributed by atoms with Gasteiger partial charge in [-0.15, -0.1) is 0 Å². The second-order valence-electron chi connectivity index (χ2n) is 6.03. The van der Waals surface area contributed by atoms with E-state index in [0.717, 1.165) is 17.7 Å². The highest BCUT2D eigenvalue weighted by Gasteiger charge is 2.18. The number of aryl methyl sites for hydroxylation is 1. The molecule has 0 fully saturated rings. The monoisotopic (exact) mass is 329 g/mol. The molecule has 0 amide bonds. The van der Waals surface area contributed by atoms with Crippen molar-refractivity contribution in [1.82, 2.24) is 0 Å². The molecule has 0 aliphatic carbocycles. The van der Waals surface area contributed by atoms with E-state index < -0.39 is 11.6 Å². The highest BCUT2D eigenvalue weighted by atomic mass is 19.2. The van der Waals surface area contributed by atoms with Gasteiger partial charge >= 0.3 is 0 Å². The van der Waals surface area contributed by atoms with Crippen LogP contribution < -0.4 is 11.2 Å². The van der Waals surface area contributed by atoms with Crippen molar-refractivity contribution in [2.24, 2.45) is 5.73 Å². The van der Waals surface area contributed by atoms with Crippen LogP contribution in [0, 0.1) is 25.5 Å². The van der Waals surface area contributed by atoms with Gasteiger partial charge in [0.2, 0.25) is 0 Å². The third kappa shape index (κ3) is 2.61. The second-order valence-corrected chi connectivity index (χ2v) is 6.03. The molecule has 3 nitrogen and oxygen atoms in total. The summed E-state index contributed by atoms with van der Waals surface area (Å²) in [6.07, 6.45) is 0. The lowest BCUT2D eigenvalue weighted by Gasteiger charge is -2.13. The van der Waals surface area contributed by atoms with Crippen LogP contribution in [-0.4, -0.2) is 0 Å². The Morgan fingerprint density at radius 3 is 2.42 bits per heavy atom. The molecule has 24 heavy (non-hydrogen) atoms. The summed E-state index contributed by atoms with van der Waals surface area (Å²) < 4.78 is 32.7. The summed E-state index contributed by atoms with van der Waals surface area (Å²) in [5.74, 6) is -1.73. The molecule has 1 atom stereocenters. The number of hydrogen-bond donors (Lipinski definition) is 1. The van der Waals surface area contributed by atoms with Gasteiger partial charge in [0.05, 0.1) is 5.39 Å². The van der Waals surface area contributed by atoms with E-state index in [4.69, 9.17) is 10.2 Å². The lowest BCUT2D eigenvalue weighted by Crippen LogP contribution is -2.12. The summed E-state index contributed by atoms with van der Waals surface area (Å²) in [6.45, 7) is 5.28. The molecular weight excluding hydrogens is 312 g/mol. The van der Waals surface area contributed by atoms with Crippen LogP contribution in [0.2, 0.25) is 0 Å². The molecule has 0 saturated carbocycles. The molecule has 1 heterocycles. The van der Waals surface area contributed by atoms with Gasteiger partial charge in [0.25, 0.3) is 0 Å². The maximum atomic E-state index is 13.6. The van der Waals surface area contributed by atoms with Crippen molar-refractivity contribution in [3.05, 3.63) is 68.9 Å². The Morgan fingerprint density at radius 1 is 1.08 bits per heavy atom. The average molecular weight is 329 g/mol. The van der Waals surface area contributed by atoms with Crippen molar-refractivity contribution < 1.29 is 13.2 Å². The molecule has 0 aliphatic heterocycles. The van der Waals surface area contributed by atoms with Gasteiger partial charge in [0, 0.05) is 22.7 Å². The molecule has 3 aromatic rings. The van der Waals surface area contributed by atoms with Crippen molar-refractivity contribution in [3.63, 3.8) is 0 Å². The average Bonchev–Trinajstić information content (AvgIpc) is 2.53. The topological polar surface area (TPSA) is 56.2 Å². The molecule has 0 aliphatic rings. The van der Waals surface area contributed by atoms with Crippen molar-refractivity contribution in [3.8, 4) is 11.3 Å². The Balaban J connectivity index is 2.40. The van der Waals surface area contributed by atoms with Gasteiger partial charge in [-0.25, -0.2) is 8.78 Å². The van der Waals surface area contributed by atoms with E-state index in [1.165, 1.54) is 6.07 Å². The molecule has 1 aromatic heterocycles. The highest BCUT2D eigenvalue weighted by molar-refractivity contribution is 5.84. The minimum Gasteiger partial charge on any atom is -0.455 e. The summed E-state index contributed by atoms with van der Waals surface area (Å²) in [4.78, 5) is 12.7. The fourth-order valence-corrected chi connectivity index (χ4v) is 2.82. The minimum atomic E-state index is -0.994. The van der Waals surface area contributed by atoms with Crippen molar-refractivity contribution in [2.45, 2.75) is 26.8 Å². The van der Waals surface area contributed by atoms with E-state index in [2.05, 4.69) is 0 Å². The molecular formula is C19H17F2NO2. The Morgan fingerprint density at radius 2 is 1.79 bits per heavy atom. The van der Waals surface area contributed by atoms with Gasteiger partial charge in [0.15, 0.2) is 17.1 Å². The zero-order chi connectivity index (χ0) is 17.6. The number of nitrogens with two attached hydrogens (primary N) is 1. The smallest absolute Gasteiger partial charge is 0.196 e. The molecule has 124 valence electrons. The van der Waals surface area contributed by atoms with Gasteiger partial charge in [0.1, 0.15) is 11.3 Å². The normalized spacial score (nSPS) is 12.6. The maximum Gasteiger partial charge on any atom is 0.196 e. The quantitative estimate of drug-likeness (QED) is 0.759. The van der Waals surface area contributed by atoms with Crippen molar-refractivity contribution in [2.75, 3.05) is 0 Å². The van der Waals surface area contributed by atoms with Crippen LogP contribution in [0.3, 0.4) is 0 Å². The van der Waals surface area contributed by atoms with E-state index >= 15 is 0 Å². The number of hydrogen-bond acceptors (Lipinski definition) is 3. The molecule has 2 N–H and O–H groups in total. The van der Waals surface area contributed by atoms with Crippen LogP contribution in [0.25, 0.3) is 22.3 Å². The van der Waals surface area contributed by atoms with E-state index in [1.54, 1.807) is 19.9 Å². The van der Waals surface area contributed by atoms with Crippen LogP contribution in [0.1, 0.15) is 29.7 Å². The number of benzene rings is 2. The third-order valence-electron chi connectivity index (χ3n) is 4.06. The van der Waals surface area contributed by atoms with Crippen LogP contribution in [0.4, 0.5) is 8.78 Å². The van der Waals surface area contributed by atoms with Gasteiger partial charge < -0.3 is 10.2 Å². The maximum absolute atomic E-state index is 13.6. The predicted octanol–water partition coefficient (Wildman–Crippen LogP) is 4.37. The standard InChI is InChI=1S/C19H17F2NO2/c1-9-6-13(11(3)22)19-14(7-9)17(23)10(2)18(24-19)12-4-5-15(20)16(21)8-12/h4-8,11H,22H2,1-3H3. The lowest BCUT2D eigenvalue weighted by molar-refractivity contribution is 0.508. The first-order chi connectivity index (χ1) is 11.3. The zero-order valence-corrected chi connectivity index (χ0v) is 13.6. The first kappa shape index (κ1) is 16.3. The SMILES string of the molecule is Cc1cc(C(C)N)c2oc(-c3ccc(F)c(F)c3)c(C)c(=O)c2c1. The van der Waals surface area contributed by atoms with E-state index in [1.807, 2.05) is 13.0 Å². The van der Waals surface area contributed by atoms with Crippen LogP contribution in [0.15, 0.2) is 39.5 Å². The number of halogens is 2. The van der Waals surface area contributed by atoms with E-state index in [-0.39, 0.29) is 17.2 Å². The molecule has 1 unspecified atom stereocenters. The molecule has 0 bridgehead atoms. The van der Waals surface area contributed by atoms with Crippen LogP contribution in [0.5, 0.6) is 0 Å². The Bertz CT molecular complexity index is 1010. The molecule has 0 saturated heterocycles. The molecule has 0 radical (unpaired) electrons. The van der Waals surface area contributed by atoms with E-state index in [0.29, 0.717) is 27.7 Å². The van der Waals surface area contributed by atoms with Crippen molar-refractivity contribution >= 4 is 11.0 Å². The largest absolute Gasteiger partial charge is 0.455 e. The predicted molar refractivity (Wildman–Crippen MR) is 89.9 cm³/mol. The minimum absolute atomic E-state index is 0.207. The molecule has 2 aromatic carbocycles. The van der Waals surface area contributed by atoms with Crippen LogP contribution >= 0.6 is 0 Å². The Kier molecular flexibility index (Phi) is 3.97. The fourth-order valence-electron chi connectivity index (χ4n) is 2.82. The van der Waals surface area contributed by atoms with Crippen molar-refractivity contribution in [1.29, 1.82) is 0 Å².